The standard InChI is InChI=1S/C12H11ClN2O2/c1-17-11-6-8(2-3-9(11)13)12(16)10-7-14-4-5-15-10/h2-7,12,16H,1H3. The Morgan fingerprint density at radius 3 is 2.82 bits per heavy atom. The summed E-state index contributed by atoms with van der Waals surface area (Å²) in [5.41, 5.74) is 1.14. The fourth-order valence-electron chi connectivity index (χ4n) is 1.47. The van der Waals surface area contributed by atoms with Gasteiger partial charge in [0, 0.05) is 12.4 Å². The van der Waals surface area contributed by atoms with Crippen LogP contribution in [0.15, 0.2) is 36.8 Å². The van der Waals surface area contributed by atoms with Crippen molar-refractivity contribution in [1.82, 2.24) is 9.97 Å². The van der Waals surface area contributed by atoms with E-state index in [2.05, 4.69) is 9.97 Å². The third-order valence-electron chi connectivity index (χ3n) is 2.35. The molecule has 0 amide bonds. The summed E-state index contributed by atoms with van der Waals surface area (Å²) in [6.45, 7) is 0. The fraction of sp³-hybridized carbons (Fsp3) is 0.167. The van der Waals surface area contributed by atoms with Gasteiger partial charge in [-0.1, -0.05) is 17.7 Å². The van der Waals surface area contributed by atoms with Crippen molar-refractivity contribution >= 4 is 11.6 Å². The van der Waals surface area contributed by atoms with Gasteiger partial charge in [-0.25, -0.2) is 0 Å². The van der Waals surface area contributed by atoms with Gasteiger partial charge in [0.2, 0.25) is 0 Å². The Morgan fingerprint density at radius 2 is 2.18 bits per heavy atom. The topological polar surface area (TPSA) is 55.2 Å². The molecule has 1 unspecified atom stereocenters. The number of aliphatic hydroxyl groups is 1. The van der Waals surface area contributed by atoms with Crippen molar-refractivity contribution in [2.24, 2.45) is 0 Å². The minimum atomic E-state index is -0.838. The summed E-state index contributed by atoms with van der Waals surface area (Å²) >= 11 is 5.91. The third-order valence-corrected chi connectivity index (χ3v) is 2.67. The van der Waals surface area contributed by atoms with Crippen molar-refractivity contribution in [2.75, 3.05) is 7.11 Å². The highest BCUT2D eigenvalue weighted by molar-refractivity contribution is 6.32. The third kappa shape index (κ3) is 2.54. The van der Waals surface area contributed by atoms with E-state index in [-0.39, 0.29) is 0 Å². The van der Waals surface area contributed by atoms with Gasteiger partial charge in [-0.05, 0) is 17.7 Å². The monoisotopic (exact) mass is 250 g/mol. The van der Waals surface area contributed by atoms with E-state index in [4.69, 9.17) is 16.3 Å². The van der Waals surface area contributed by atoms with Crippen molar-refractivity contribution in [1.29, 1.82) is 0 Å². The zero-order valence-corrected chi connectivity index (χ0v) is 9.93. The van der Waals surface area contributed by atoms with Crippen LogP contribution in [0, 0.1) is 0 Å². The molecule has 4 nitrogen and oxygen atoms in total. The van der Waals surface area contributed by atoms with Gasteiger partial charge in [0.25, 0.3) is 0 Å². The molecule has 0 aliphatic rings. The van der Waals surface area contributed by atoms with Crippen LogP contribution < -0.4 is 4.74 Å². The molecule has 88 valence electrons. The number of nitrogens with zero attached hydrogens (tertiary/aromatic N) is 2. The minimum Gasteiger partial charge on any atom is -0.495 e. The van der Waals surface area contributed by atoms with E-state index < -0.39 is 6.10 Å². The number of benzene rings is 1. The van der Waals surface area contributed by atoms with Crippen LogP contribution in [0.4, 0.5) is 0 Å². The average molecular weight is 251 g/mol. The molecule has 1 aromatic carbocycles. The number of methoxy groups -OCH3 is 1. The van der Waals surface area contributed by atoms with Crippen LogP contribution in [-0.2, 0) is 0 Å². The largest absolute Gasteiger partial charge is 0.495 e. The molecule has 17 heavy (non-hydrogen) atoms. The molecule has 0 saturated carbocycles. The van der Waals surface area contributed by atoms with Crippen molar-refractivity contribution in [3.05, 3.63) is 53.1 Å². The fourth-order valence-corrected chi connectivity index (χ4v) is 1.66. The number of hydrogen-bond acceptors (Lipinski definition) is 4. The number of halogens is 1. The SMILES string of the molecule is COc1cc(C(O)c2cnccn2)ccc1Cl. The predicted molar refractivity (Wildman–Crippen MR) is 64.1 cm³/mol. The van der Waals surface area contributed by atoms with Gasteiger partial charge in [0.05, 0.1) is 24.0 Å². The van der Waals surface area contributed by atoms with E-state index in [9.17, 15) is 5.11 Å². The average Bonchev–Trinajstić information content (AvgIpc) is 2.39. The van der Waals surface area contributed by atoms with E-state index in [1.807, 2.05) is 0 Å². The van der Waals surface area contributed by atoms with Crippen molar-refractivity contribution in [3.63, 3.8) is 0 Å². The highest BCUT2D eigenvalue weighted by Crippen LogP contribution is 2.29. The molecule has 0 bridgehead atoms. The maximum Gasteiger partial charge on any atom is 0.137 e. The first-order valence-corrected chi connectivity index (χ1v) is 5.37. The second kappa shape index (κ2) is 5.12. The lowest BCUT2D eigenvalue weighted by atomic mass is 10.1. The van der Waals surface area contributed by atoms with Gasteiger partial charge in [0.1, 0.15) is 11.9 Å². The molecule has 1 atom stereocenters. The predicted octanol–water partition coefficient (Wildman–Crippen LogP) is 2.22. The van der Waals surface area contributed by atoms with Crippen molar-refractivity contribution in [3.8, 4) is 5.75 Å². The van der Waals surface area contributed by atoms with Crippen LogP contribution >= 0.6 is 11.6 Å². The molecule has 2 aromatic rings. The normalized spacial score (nSPS) is 12.2. The van der Waals surface area contributed by atoms with Crippen LogP contribution in [0.3, 0.4) is 0 Å². The number of ether oxygens (including phenoxy) is 1. The molecule has 1 heterocycles. The first-order valence-electron chi connectivity index (χ1n) is 5.00. The molecule has 0 spiro atoms. The Morgan fingerprint density at radius 1 is 1.35 bits per heavy atom. The Bertz CT molecular complexity index is 505. The zero-order valence-electron chi connectivity index (χ0n) is 9.17. The summed E-state index contributed by atoms with van der Waals surface area (Å²) in [5.74, 6) is 0.520. The summed E-state index contributed by atoms with van der Waals surface area (Å²) in [4.78, 5) is 7.96. The Hall–Kier alpha value is -1.65. The van der Waals surface area contributed by atoms with Crippen molar-refractivity contribution < 1.29 is 9.84 Å². The highest BCUT2D eigenvalue weighted by Gasteiger charge is 2.13. The minimum absolute atomic E-state index is 0.483. The van der Waals surface area contributed by atoms with Crippen LogP contribution in [0.5, 0.6) is 5.75 Å². The lowest BCUT2D eigenvalue weighted by Crippen LogP contribution is -2.03. The summed E-state index contributed by atoms with van der Waals surface area (Å²) in [6.07, 6.45) is 3.77. The lowest BCUT2D eigenvalue weighted by Gasteiger charge is -2.11. The summed E-state index contributed by atoms with van der Waals surface area (Å²) < 4.78 is 5.09. The first kappa shape index (κ1) is 11.8. The summed E-state index contributed by atoms with van der Waals surface area (Å²) in [5, 5.41) is 10.6. The first-order chi connectivity index (χ1) is 8.22. The molecule has 0 fully saturated rings. The van der Waals surface area contributed by atoms with E-state index in [1.165, 1.54) is 19.5 Å². The molecule has 0 saturated heterocycles. The molecular weight excluding hydrogens is 240 g/mol. The van der Waals surface area contributed by atoms with E-state index in [0.717, 1.165) is 0 Å². The molecule has 0 radical (unpaired) electrons. The summed E-state index contributed by atoms with van der Waals surface area (Å²) in [6, 6.07) is 5.08. The van der Waals surface area contributed by atoms with E-state index in [1.54, 1.807) is 24.4 Å². The number of aromatic nitrogens is 2. The van der Waals surface area contributed by atoms with Crippen LogP contribution in [0.1, 0.15) is 17.4 Å². The summed E-state index contributed by atoms with van der Waals surface area (Å²) in [7, 11) is 1.53. The highest BCUT2D eigenvalue weighted by atomic mass is 35.5. The molecular formula is C12H11ClN2O2. The van der Waals surface area contributed by atoms with Crippen LogP contribution in [0.2, 0.25) is 5.02 Å². The van der Waals surface area contributed by atoms with Crippen LogP contribution in [0.25, 0.3) is 0 Å². The van der Waals surface area contributed by atoms with Crippen LogP contribution in [-0.4, -0.2) is 22.2 Å². The van der Waals surface area contributed by atoms with E-state index >= 15 is 0 Å². The molecule has 1 aromatic heterocycles. The number of aliphatic hydroxyl groups excluding tert-OH is 1. The van der Waals surface area contributed by atoms with Gasteiger partial charge >= 0.3 is 0 Å². The molecule has 0 aliphatic heterocycles. The molecule has 5 heteroatoms. The Balaban J connectivity index is 2.34. The quantitative estimate of drug-likeness (QED) is 0.908. The van der Waals surface area contributed by atoms with Gasteiger partial charge in [0.15, 0.2) is 0 Å². The lowest BCUT2D eigenvalue weighted by molar-refractivity contribution is 0.214. The Labute approximate surface area is 104 Å². The number of rotatable bonds is 3. The smallest absolute Gasteiger partial charge is 0.137 e. The maximum atomic E-state index is 10.1. The van der Waals surface area contributed by atoms with Gasteiger partial charge in [-0.3, -0.25) is 9.97 Å². The van der Waals surface area contributed by atoms with Gasteiger partial charge < -0.3 is 9.84 Å². The van der Waals surface area contributed by atoms with Gasteiger partial charge in [-0.15, -0.1) is 0 Å². The number of hydrogen-bond donors (Lipinski definition) is 1. The molecule has 1 N–H and O–H groups in total. The Kier molecular flexibility index (Phi) is 3.56. The van der Waals surface area contributed by atoms with E-state index in [0.29, 0.717) is 22.0 Å². The van der Waals surface area contributed by atoms with Crippen molar-refractivity contribution in [2.45, 2.75) is 6.10 Å². The van der Waals surface area contributed by atoms with Gasteiger partial charge in [-0.2, -0.15) is 0 Å². The molecule has 0 aliphatic carbocycles. The molecule has 2 rings (SSSR count). The second-order valence-corrected chi connectivity index (χ2v) is 3.83. The second-order valence-electron chi connectivity index (χ2n) is 3.43. The zero-order chi connectivity index (χ0) is 12.3. The maximum absolute atomic E-state index is 10.1.